The zero-order chi connectivity index (χ0) is 17.1. The number of esters is 1. The van der Waals surface area contributed by atoms with Gasteiger partial charge in [-0.1, -0.05) is 31.2 Å². The predicted octanol–water partition coefficient (Wildman–Crippen LogP) is 4.02. The third-order valence-corrected chi connectivity index (χ3v) is 3.94. The van der Waals surface area contributed by atoms with E-state index in [1.807, 2.05) is 31.2 Å². The van der Waals surface area contributed by atoms with Crippen molar-refractivity contribution in [2.45, 2.75) is 26.9 Å². The van der Waals surface area contributed by atoms with Crippen LogP contribution in [-0.2, 0) is 17.8 Å². The summed E-state index contributed by atoms with van der Waals surface area (Å²) in [6.45, 7) is 4.01. The van der Waals surface area contributed by atoms with E-state index in [0.29, 0.717) is 16.7 Å². The molecule has 2 aromatic carbocycles. The molecule has 0 saturated carbocycles. The highest BCUT2D eigenvalue weighted by Crippen LogP contribution is 2.19. The van der Waals surface area contributed by atoms with Gasteiger partial charge in [0.2, 0.25) is 0 Å². The SMILES string of the molecule is CCc1ccc(C(=O)OCc2cc(=O)oc3cc(C)ccc23)cc1. The van der Waals surface area contributed by atoms with Crippen molar-refractivity contribution in [2.24, 2.45) is 0 Å². The van der Waals surface area contributed by atoms with E-state index in [1.54, 1.807) is 18.2 Å². The zero-order valence-corrected chi connectivity index (χ0v) is 13.7. The summed E-state index contributed by atoms with van der Waals surface area (Å²) in [6, 6.07) is 14.3. The lowest BCUT2D eigenvalue weighted by Gasteiger charge is -2.08. The van der Waals surface area contributed by atoms with Crippen LogP contribution in [0, 0.1) is 6.92 Å². The first-order chi connectivity index (χ1) is 11.6. The maximum atomic E-state index is 12.2. The van der Waals surface area contributed by atoms with Crippen molar-refractivity contribution in [3.05, 3.63) is 81.2 Å². The Kier molecular flexibility index (Phi) is 4.47. The van der Waals surface area contributed by atoms with E-state index >= 15 is 0 Å². The Morgan fingerprint density at radius 1 is 1.08 bits per heavy atom. The Morgan fingerprint density at radius 3 is 2.54 bits per heavy atom. The van der Waals surface area contributed by atoms with Gasteiger partial charge in [-0.2, -0.15) is 0 Å². The second-order valence-electron chi connectivity index (χ2n) is 5.72. The van der Waals surface area contributed by atoms with Crippen LogP contribution in [0.2, 0.25) is 0 Å². The first-order valence-electron chi connectivity index (χ1n) is 7.86. The Morgan fingerprint density at radius 2 is 1.83 bits per heavy atom. The molecule has 122 valence electrons. The van der Waals surface area contributed by atoms with Crippen LogP contribution in [0.15, 0.2) is 57.7 Å². The van der Waals surface area contributed by atoms with Crippen molar-refractivity contribution in [1.29, 1.82) is 0 Å². The predicted molar refractivity (Wildman–Crippen MR) is 92.2 cm³/mol. The first kappa shape index (κ1) is 16.0. The summed E-state index contributed by atoms with van der Waals surface area (Å²) in [7, 11) is 0. The van der Waals surface area contributed by atoms with Crippen molar-refractivity contribution in [1.82, 2.24) is 0 Å². The van der Waals surface area contributed by atoms with E-state index in [1.165, 1.54) is 6.07 Å². The van der Waals surface area contributed by atoms with Crippen molar-refractivity contribution in [2.75, 3.05) is 0 Å². The largest absolute Gasteiger partial charge is 0.457 e. The average molecular weight is 322 g/mol. The van der Waals surface area contributed by atoms with Gasteiger partial charge >= 0.3 is 11.6 Å². The van der Waals surface area contributed by atoms with Crippen LogP contribution in [0.1, 0.15) is 34.0 Å². The van der Waals surface area contributed by atoms with Gasteiger partial charge < -0.3 is 9.15 Å². The maximum absolute atomic E-state index is 12.2. The highest BCUT2D eigenvalue weighted by molar-refractivity contribution is 5.89. The molecule has 0 atom stereocenters. The second-order valence-corrected chi connectivity index (χ2v) is 5.72. The van der Waals surface area contributed by atoms with E-state index in [9.17, 15) is 9.59 Å². The van der Waals surface area contributed by atoms with E-state index < -0.39 is 11.6 Å². The third-order valence-electron chi connectivity index (χ3n) is 3.94. The van der Waals surface area contributed by atoms with Gasteiger partial charge in [0.15, 0.2) is 0 Å². The van der Waals surface area contributed by atoms with Crippen LogP contribution in [-0.4, -0.2) is 5.97 Å². The van der Waals surface area contributed by atoms with Gasteiger partial charge in [0, 0.05) is 17.0 Å². The number of rotatable bonds is 4. The summed E-state index contributed by atoms with van der Waals surface area (Å²) in [5.74, 6) is -0.411. The minimum absolute atomic E-state index is 0.0273. The van der Waals surface area contributed by atoms with Gasteiger partial charge in [0.05, 0.1) is 5.56 Å². The number of carbonyl (C=O) groups is 1. The molecule has 0 aliphatic carbocycles. The van der Waals surface area contributed by atoms with Crippen molar-refractivity contribution >= 4 is 16.9 Å². The number of hydrogen-bond donors (Lipinski definition) is 0. The van der Waals surface area contributed by atoms with Crippen LogP contribution in [0.25, 0.3) is 11.0 Å². The fourth-order valence-corrected chi connectivity index (χ4v) is 2.56. The minimum Gasteiger partial charge on any atom is -0.457 e. The Balaban J connectivity index is 1.82. The molecular formula is C20H18O4. The van der Waals surface area contributed by atoms with Gasteiger partial charge in [-0.15, -0.1) is 0 Å². The van der Waals surface area contributed by atoms with Crippen molar-refractivity contribution in [3.63, 3.8) is 0 Å². The summed E-state index contributed by atoms with van der Waals surface area (Å²) in [4.78, 5) is 23.9. The van der Waals surface area contributed by atoms with Gasteiger partial charge in [0.1, 0.15) is 12.2 Å². The highest BCUT2D eigenvalue weighted by atomic mass is 16.5. The minimum atomic E-state index is -0.452. The lowest BCUT2D eigenvalue weighted by atomic mass is 10.1. The third kappa shape index (κ3) is 3.38. The fourth-order valence-electron chi connectivity index (χ4n) is 2.56. The molecular weight excluding hydrogens is 304 g/mol. The molecule has 0 radical (unpaired) electrons. The summed E-state index contributed by atoms with van der Waals surface area (Å²) in [6.07, 6.45) is 0.917. The van der Waals surface area contributed by atoms with E-state index in [0.717, 1.165) is 22.9 Å². The van der Waals surface area contributed by atoms with Crippen LogP contribution in [0.5, 0.6) is 0 Å². The average Bonchev–Trinajstić information content (AvgIpc) is 2.59. The number of fused-ring (bicyclic) bond motifs is 1. The van der Waals surface area contributed by atoms with Crippen LogP contribution < -0.4 is 5.63 Å². The highest BCUT2D eigenvalue weighted by Gasteiger charge is 2.11. The quantitative estimate of drug-likeness (QED) is 0.538. The van der Waals surface area contributed by atoms with E-state index in [4.69, 9.17) is 9.15 Å². The Labute approximate surface area is 139 Å². The fraction of sp³-hybridized carbons (Fsp3) is 0.200. The molecule has 0 aliphatic heterocycles. The number of hydrogen-bond acceptors (Lipinski definition) is 4. The topological polar surface area (TPSA) is 56.5 Å². The maximum Gasteiger partial charge on any atom is 0.338 e. The van der Waals surface area contributed by atoms with Gasteiger partial charge in [-0.3, -0.25) is 0 Å². The van der Waals surface area contributed by atoms with Crippen LogP contribution in [0.4, 0.5) is 0 Å². The van der Waals surface area contributed by atoms with E-state index in [2.05, 4.69) is 6.92 Å². The van der Waals surface area contributed by atoms with Crippen molar-refractivity contribution in [3.8, 4) is 0 Å². The molecule has 3 aromatic rings. The second kappa shape index (κ2) is 6.71. The first-order valence-corrected chi connectivity index (χ1v) is 7.86. The Bertz CT molecular complexity index is 936. The molecule has 0 saturated heterocycles. The summed E-state index contributed by atoms with van der Waals surface area (Å²) >= 11 is 0. The van der Waals surface area contributed by atoms with Gasteiger partial charge in [-0.05, 0) is 42.7 Å². The molecule has 4 nitrogen and oxygen atoms in total. The lowest BCUT2D eigenvalue weighted by molar-refractivity contribution is 0.0474. The van der Waals surface area contributed by atoms with E-state index in [-0.39, 0.29) is 6.61 Å². The zero-order valence-electron chi connectivity index (χ0n) is 13.7. The van der Waals surface area contributed by atoms with Gasteiger partial charge in [0.25, 0.3) is 0 Å². The molecule has 0 unspecified atom stereocenters. The number of ether oxygens (including phenoxy) is 1. The molecule has 0 aliphatic rings. The monoisotopic (exact) mass is 322 g/mol. The molecule has 3 rings (SSSR count). The lowest BCUT2D eigenvalue weighted by Crippen LogP contribution is -2.08. The van der Waals surface area contributed by atoms with Crippen LogP contribution >= 0.6 is 0 Å². The molecule has 1 heterocycles. The van der Waals surface area contributed by atoms with Crippen LogP contribution in [0.3, 0.4) is 0 Å². The molecule has 0 spiro atoms. The molecule has 0 fully saturated rings. The number of benzene rings is 2. The normalized spacial score (nSPS) is 10.8. The molecule has 0 amide bonds. The molecule has 0 bridgehead atoms. The summed E-state index contributed by atoms with van der Waals surface area (Å²) < 4.78 is 10.6. The Hall–Kier alpha value is -2.88. The molecule has 24 heavy (non-hydrogen) atoms. The standard InChI is InChI=1S/C20H18O4/c1-3-14-5-7-15(8-6-14)20(22)23-12-16-11-19(21)24-18-10-13(2)4-9-17(16)18/h4-11H,3,12H2,1-2H3. The molecule has 1 aromatic heterocycles. The molecule has 4 heteroatoms. The number of carbonyl (C=O) groups excluding carboxylic acids is 1. The number of aryl methyl sites for hydroxylation is 2. The molecule has 0 N–H and O–H groups in total. The summed E-state index contributed by atoms with van der Waals surface area (Å²) in [5.41, 5.74) is 3.34. The van der Waals surface area contributed by atoms with Crippen molar-refractivity contribution < 1.29 is 13.9 Å². The smallest absolute Gasteiger partial charge is 0.338 e. The van der Waals surface area contributed by atoms with Gasteiger partial charge in [-0.25, -0.2) is 9.59 Å². The summed E-state index contributed by atoms with van der Waals surface area (Å²) in [5, 5.41) is 0.773.